The highest BCUT2D eigenvalue weighted by molar-refractivity contribution is 5.98. The number of fused-ring (bicyclic) bond motifs is 4. The number of ether oxygens (including phenoxy) is 1. The SMILES string of the molecule is NCC1CCCC(CN(CC23CC=CCC2C2CC=CCC2O3)C(=O)c2ccc3ccccc3c2)C1. The van der Waals surface area contributed by atoms with Crippen molar-refractivity contribution < 1.29 is 9.53 Å². The van der Waals surface area contributed by atoms with E-state index in [4.69, 9.17) is 10.5 Å². The van der Waals surface area contributed by atoms with Gasteiger partial charge >= 0.3 is 0 Å². The fourth-order valence-corrected chi connectivity index (χ4v) is 7.62. The van der Waals surface area contributed by atoms with Crippen LogP contribution in [0.25, 0.3) is 10.8 Å². The molecule has 4 nitrogen and oxygen atoms in total. The van der Waals surface area contributed by atoms with E-state index in [-0.39, 0.29) is 17.6 Å². The van der Waals surface area contributed by atoms with Crippen LogP contribution in [0, 0.1) is 23.7 Å². The van der Waals surface area contributed by atoms with Crippen molar-refractivity contribution in [1.82, 2.24) is 4.90 Å². The first-order chi connectivity index (χ1) is 17.6. The summed E-state index contributed by atoms with van der Waals surface area (Å²) in [7, 11) is 0. The Balaban J connectivity index is 1.31. The summed E-state index contributed by atoms with van der Waals surface area (Å²) >= 11 is 0. The normalized spacial score (nSPS) is 33.3. The van der Waals surface area contributed by atoms with E-state index in [0.29, 0.717) is 30.2 Å². The third-order valence-corrected chi connectivity index (χ3v) is 9.47. The van der Waals surface area contributed by atoms with Gasteiger partial charge in [-0.2, -0.15) is 0 Å². The van der Waals surface area contributed by atoms with Gasteiger partial charge in [0.1, 0.15) is 0 Å². The molecule has 1 heterocycles. The lowest BCUT2D eigenvalue weighted by Gasteiger charge is -2.42. The molecule has 2 N–H and O–H groups in total. The highest BCUT2D eigenvalue weighted by Crippen LogP contribution is 2.51. The highest BCUT2D eigenvalue weighted by atomic mass is 16.5. The first kappa shape index (κ1) is 23.9. The minimum atomic E-state index is -0.273. The van der Waals surface area contributed by atoms with Gasteiger partial charge in [0.05, 0.1) is 18.2 Å². The van der Waals surface area contributed by atoms with Crippen LogP contribution >= 0.6 is 0 Å². The fraction of sp³-hybridized carbons (Fsp3) is 0.531. The Bertz CT molecular complexity index is 1160. The molecule has 4 aliphatic rings. The Morgan fingerprint density at radius 1 is 0.972 bits per heavy atom. The number of rotatable bonds is 6. The molecule has 2 fully saturated rings. The van der Waals surface area contributed by atoms with Crippen LogP contribution in [0.15, 0.2) is 66.8 Å². The Morgan fingerprint density at radius 3 is 2.67 bits per heavy atom. The van der Waals surface area contributed by atoms with Gasteiger partial charge < -0.3 is 15.4 Å². The van der Waals surface area contributed by atoms with E-state index in [1.54, 1.807) is 0 Å². The number of carbonyl (C=O) groups excluding carboxylic acids is 1. The van der Waals surface area contributed by atoms with Gasteiger partial charge in [0.25, 0.3) is 5.91 Å². The number of amides is 1. The summed E-state index contributed by atoms with van der Waals surface area (Å²) in [5.74, 6) is 2.29. The van der Waals surface area contributed by atoms with Crippen LogP contribution in [-0.4, -0.2) is 42.1 Å². The van der Waals surface area contributed by atoms with E-state index in [9.17, 15) is 4.79 Å². The van der Waals surface area contributed by atoms with Crippen molar-refractivity contribution >= 4 is 16.7 Å². The van der Waals surface area contributed by atoms with Crippen molar-refractivity contribution in [2.75, 3.05) is 19.6 Å². The summed E-state index contributed by atoms with van der Waals surface area (Å²) in [6.07, 6.45) is 18.4. The number of carbonyl (C=O) groups is 1. The zero-order valence-electron chi connectivity index (χ0n) is 21.4. The molecule has 1 amide bonds. The van der Waals surface area contributed by atoms with E-state index < -0.39 is 0 Å². The molecule has 0 bridgehead atoms. The maximum atomic E-state index is 14.2. The molecular weight excluding hydrogens is 444 g/mol. The van der Waals surface area contributed by atoms with Crippen LogP contribution in [-0.2, 0) is 4.74 Å². The molecule has 190 valence electrons. The summed E-state index contributed by atoms with van der Waals surface area (Å²) in [6, 6.07) is 14.5. The van der Waals surface area contributed by atoms with Gasteiger partial charge in [-0.25, -0.2) is 0 Å². The van der Waals surface area contributed by atoms with Gasteiger partial charge in [0.15, 0.2) is 0 Å². The van der Waals surface area contributed by atoms with Crippen LogP contribution in [0.2, 0.25) is 0 Å². The second-order valence-electron chi connectivity index (χ2n) is 11.7. The summed E-state index contributed by atoms with van der Waals surface area (Å²) in [4.78, 5) is 16.4. The molecule has 2 aromatic rings. The van der Waals surface area contributed by atoms with E-state index in [2.05, 4.69) is 59.5 Å². The van der Waals surface area contributed by atoms with Gasteiger partial charge in [0, 0.05) is 12.1 Å². The van der Waals surface area contributed by atoms with Gasteiger partial charge in [-0.15, -0.1) is 0 Å². The van der Waals surface area contributed by atoms with E-state index in [0.717, 1.165) is 56.1 Å². The molecule has 2 aromatic carbocycles. The predicted octanol–water partition coefficient (Wildman–Crippen LogP) is 6.12. The topological polar surface area (TPSA) is 55.6 Å². The second kappa shape index (κ2) is 10.1. The molecular formula is C32H40N2O2. The van der Waals surface area contributed by atoms with Gasteiger partial charge in [-0.1, -0.05) is 61.1 Å². The number of hydrogen-bond donors (Lipinski definition) is 1. The van der Waals surface area contributed by atoms with Crippen LogP contribution in [0.3, 0.4) is 0 Å². The minimum Gasteiger partial charge on any atom is -0.369 e. The lowest BCUT2D eigenvalue weighted by Crippen LogP contribution is -2.51. The highest BCUT2D eigenvalue weighted by Gasteiger charge is 2.55. The van der Waals surface area contributed by atoms with Crippen molar-refractivity contribution in [1.29, 1.82) is 0 Å². The zero-order valence-corrected chi connectivity index (χ0v) is 21.4. The third-order valence-electron chi connectivity index (χ3n) is 9.47. The zero-order chi connectivity index (χ0) is 24.5. The molecule has 0 aromatic heterocycles. The molecule has 0 spiro atoms. The van der Waals surface area contributed by atoms with E-state index in [1.807, 2.05) is 12.1 Å². The van der Waals surface area contributed by atoms with Gasteiger partial charge in [0.2, 0.25) is 0 Å². The average molecular weight is 485 g/mol. The Hall–Kier alpha value is -2.43. The summed E-state index contributed by atoms with van der Waals surface area (Å²) in [5, 5.41) is 2.29. The van der Waals surface area contributed by atoms with E-state index >= 15 is 0 Å². The first-order valence-corrected chi connectivity index (χ1v) is 14.1. The molecule has 6 rings (SSSR count). The van der Waals surface area contributed by atoms with Crippen molar-refractivity contribution in [2.45, 2.75) is 63.1 Å². The number of allylic oxidation sites excluding steroid dienone is 2. The second-order valence-corrected chi connectivity index (χ2v) is 11.7. The van der Waals surface area contributed by atoms with Gasteiger partial charge in [-0.3, -0.25) is 4.79 Å². The Kier molecular flexibility index (Phi) is 6.74. The monoisotopic (exact) mass is 484 g/mol. The van der Waals surface area contributed by atoms with Crippen molar-refractivity contribution in [2.24, 2.45) is 29.4 Å². The van der Waals surface area contributed by atoms with Crippen molar-refractivity contribution in [3.8, 4) is 0 Å². The molecule has 1 saturated carbocycles. The summed E-state index contributed by atoms with van der Waals surface area (Å²) in [5.41, 5.74) is 6.59. The largest absolute Gasteiger partial charge is 0.369 e. The first-order valence-electron chi connectivity index (χ1n) is 14.1. The quantitative estimate of drug-likeness (QED) is 0.503. The third kappa shape index (κ3) is 4.54. The number of nitrogens with two attached hydrogens (primary N) is 1. The van der Waals surface area contributed by atoms with Crippen molar-refractivity contribution in [3.05, 3.63) is 72.3 Å². The van der Waals surface area contributed by atoms with Crippen LogP contribution in [0.1, 0.15) is 61.7 Å². The lowest BCUT2D eigenvalue weighted by molar-refractivity contribution is -0.0750. The summed E-state index contributed by atoms with van der Waals surface area (Å²) < 4.78 is 6.96. The average Bonchev–Trinajstić information content (AvgIpc) is 3.26. The number of hydrogen-bond acceptors (Lipinski definition) is 3. The molecule has 1 aliphatic heterocycles. The molecule has 1 saturated heterocycles. The fourth-order valence-electron chi connectivity index (χ4n) is 7.62. The Morgan fingerprint density at radius 2 is 1.78 bits per heavy atom. The molecule has 4 heteroatoms. The van der Waals surface area contributed by atoms with Crippen LogP contribution in [0.4, 0.5) is 0 Å². The smallest absolute Gasteiger partial charge is 0.253 e. The molecule has 6 atom stereocenters. The lowest BCUT2D eigenvalue weighted by atomic mass is 9.70. The Labute approximate surface area is 215 Å². The molecule has 6 unspecified atom stereocenters. The summed E-state index contributed by atoms with van der Waals surface area (Å²) in [6.45, 7) is 2.24. The molecule has 36 heavy (non-hydrogen) atoms. The van der Waals surface area contributed by atoms with Crippen molar-refractivity contribution in [3.63, 3.8) is 0 Å². The maximum absolute atomic E-state index is 14.2. The molecule has 3 aliphatic carbocycles. The van der Waals surface area contributed by atoms with E-state index in [1.165, 1.54) is 24.6 Å². The van der Waals surface area contributed by atoms with Crippen LogP contribution < -0.4 is 5.73 Å². The number of nitrogens with zero attached hydrogens (tertiary/aromatic N) is 1. The van der Waals surface area contributed by atoms with Gasteiger partial charge in [-0.05, 0) is 98.1 Å². The van der Waals surface area contributed by atoms with Crippen LogP contribution in [0.5, 0.6) is 0 Å². The molecule has 0 radical (unpaired) electrons. The maximum Gasteiger partial charge on any atom is 0.253 e. The standard InChI is InChI=1S/C32H40N2O2/c33-20-23-8-7-9-24(18-23)21-34(31(35)27-16-15-25-10-1-2-11-26(25)19-27)22-32-17-6-5-13-29(32)28-12-3-4-14-30(28)36-32/h1-6,10-11,15-16,19,23-24,28-30H,7-9,12-14,17-18,20-22,33H2. The predicted molar refractivity (Wildman–Crippen MR) is 146 cm³/mol. The minimum absolute atomic E-state index is 0.148. The number of benzene rings is 2.